The van der Waals surface area contributed by atoms with Crippen molar-refractivity contribution in [2.45, 2.75) is 24.6 Å². The van der Waals surface area contributed by atoms with E-state index in [4.69, 9.17) is 5.26 Å². The molecular formula is C17H21N5OS2. The third-order valence-corrected chi connectivity index (χ3v) is 5.20. The van der Waals surface area contributed by atoms with E-state index in [2.05, 4.69) is 35.4 Å². The Morgan fingerprint density at radius 1 is 1.36 bits per heavy atom. The first kappa shape index (κ1) is 19.2. The van der Waals surface area contributed by atoms with E-state index < -0.39 is 0 Å². The van der Waals surface area contributed by atoms with Crippen LogP contribution in [0.2, 0.25) is 0 Å². The highest BCUT2D eigenvalue weighted by Crippen LogP contribution is 2.26. The summed E-state index contributed by atoms with van der Waals surface area (Å²) in [6.45, 7) is 5.48. The third-order valence-electron chi connectivity index (χ3n) is 3.20. The number of carbonyl (C=O) groups is 1. The molecule has 132 valence electrons. The Hall–Kier alpha value is -2.11. The maximum Gasteiger partial charge on any atom is 0.237 e. The van der Waals surface area contributed by atoms with Gasteiger partial charge < -0.3 is 10.2 Å². The maximum absolute atomic E-state index is 12.6. The van der Waals surface area contributed by atoms with Crippen LogP contribution in [0.25, 0.3) is 0 Å². The Morgan fingerprint density at radius 2 is 2.12 bits per heavy atom. The van der Waals surface area contributed by atoms with Crippen molar-refractivity contribution >= 4 is 39.8 Å². The van der Waals surface area contributed by atoms with Crippen LogP contribution in [-0.2, 0) is 4.79 Å². The van der Waals surface area contributed by atoms with Crippen LogP contribution < -0.4 is 10.2 Å². The Balaban J connectivity index is 1.93. The molecule has 25 heavy (non-hydrogen) atoms. The van der Waals surface area contributed by atoms with Crippen LogP contribution in [0.15, 0.2) is 34.7 Å². The molecular weight excluding hydrogens is 354 g/mol. The Labute approximate surface area is 156 Å². The highest BCUT2D eigenvalue weighted by molar-refractivity contribution is 8.01. The van der Waals surface area contributed by atoms with E-state index in [-0.39, 0.29) is 11.7 Å². The number of hydrogen-bond donors (Lipinski definition) is 1. The van der Waals surface area contributed by atoms with Gasteiger partial charge in [-0.1, -0.05) is 55.1 Å². The van der Waals surface area contributed by atoms with Crippen molar-refractivity contribution < 1.29 is 4.79 Å². The van der Waals surface area contributed by atoms with Crippen molar-refractivity contribution in [1.82, 2.24) is 10.2 Å². The summed E-state index contributed by atoms with van der Waals surface area (Å²) in [6, 6.07) is 11.5. The molecule has 1 N–H and O–H groups in total. The van der Waals surface area contributed by atoms with E-state index in [0.717, 1.165) is 21.7 Å². The Morgan fingerprint density at radius 3 is 2.80 bits per heavy atom. The summed E-state index contributed by atoms with van der Waals surface area (Å²) in [5, 5.41) is 21.0. The van der Waals surface area contributed by atoms with Crippen molar-refractivity contribution in [3.63, 3.8) is 0 Å². The number of nitrogens with one attached hydrogen (secondary N) is 1. The van der Waals surface area contributed by atoms with Gasteiger partial charge >= 0.3 is 0 Å². The zero-order valence-corrected chi connectivity index (χ0v) is 15.9. The van der Waals surface area contributed by atoms with Crippen LogP contribution in [0.5, 0.6) is 0 Å². The summed E-state index contributed by atoms with van der Waals surface area (Å²) in [6.07, 6.45) is 0.299. The van der Waals surface area contributed by atoms with Crippen LogP contribution in [0.3, 0.4) is 0 Å². The van der Waals surface area contributed by atoms with Gasteiger partial charge in [-0.2, -0.15) is 5.26 Å². The molecule has 1 aromatic carbocycles. The number of nitriles is 1. The molecule has 8 heteroatoms. The molecule has 6 nitrogen and oxygen atoms in total. The molecule has 0 fully saturated rings. The van der Waals surface area contributed by atoms with Gasteiger partial charge in [0, 0.05) is 18.8 Å². The quantitative estimate of drug-likeness (QED) is 0.674. The van der Waals surface area contributed by atoms with Gasteiger partial charge in [0.15, 0.2) is 4.34 Å². The zero-order valence-electron chi connectivity index (χ0n) is 14.3. The number of anilines is 2. The number of para-hydroxylation sites is 1. The van der Waals surface area contributed by atoms with Crippen LogP contribution >= 0.6 is 23.1 Å². The van der Waals surface area contributed by atoms with Crippen LogP contribution in [-0.4, -0.2) is 34.9 Å². The number of rotatable bonds is 9. The van der Waals surface area contributed by atoms with Gasteiger partial charge in [0.1, 0.15) is 0 Å². The fraction of sp³-hybridized carbons (Fsp3) is 0.412. The lowest BCUT2D eigenvalue weighted by atomic mass is 10.2. The number of hydrogen-bond acceptors (Lipinski definition) is 7. The molecule has 0 spiro atoms. The fourth-order valence-corrected chi connectivity index (χ4v) is 3.63. The minimum atomic E-state index is -0.0432. The summed E-state index contributed by atoms with van der Waals surface area (Å²) in [5.41, 5.74) is 0.805. The highest BCUT2D eigenvalue weighted by Gasteiger charge is 2.16. The molecule has 0 radical (unpaired) electrons. The SMILES string of the molecule is CC(C)CNc1nnc(SCC(=O)N(CCC#N)c2ccccc2)s1. The smallest absolute Gasteiger partial charge is 0.237 e. The third kappa shape index (κ3) is 6.36. The molecule has 0 bridgehead atoms. The molecule has 2 aromatic rings. The van der Waals surface area contributed by atoms with Crippen molar-refractivity contribution in [2.24, 2.45) is 5.92 Å². The normalized spacial score (nSPS) is 10.5. The first-order valence-corrected chi connectivity index (χ1v) is 9.83. The Kier molecular flexibility index (Phi) is 7.70. The Bertz CT molecular complexity index is 711. The van der Waals surface area contributed by atoms with Crippen LogP contribution in [0, 0.1) is 17.2 Å². The van der Waals surface area contributed by atoms with Crippen molar-refractivity contribution in [3.05, 3.63) is 30.3 Å². The lowest BCUT2D eigenvalue weighted by Gasteiger charge is -2.21. The average Bonchev–Trinajstić information content (AvgIpc) is 3.07. The van der Waals surface area contributed by atoms with E-state index in [1.807, 2.05) is 30.3 Å². The molecule has 0 aliphatic heterocycles. The van der Waals surface area contributed by atoms with E-state index in [0.29, 0.717) is 18.9 Å². The summed E-state index contributed by atoms with van der Waals surface area (Å²) >= 11 is 2.82. The molecule has 0 aliphatic rings. The molecule has 1 heterocycles. The van der Waals surface area contributed by atoms with E-state index >= 15 is 0 Å². The number of benzene rings is 1. The topological polar surface area (TPSA) is 81.9 Å². The van der Waals surface area contributed by atoms with Gasteiger partial charge in [0.2, 0.25) is 11.0 Å². The molecule has 0 unspecified atom stereocenters. The summed E-state index contributed by atoms with van der Waals surface area (Å²) in [5.74, 6) is 0.749. The summed E-state index contributed by atoms with van der Waals surface area (Å²) in [7, 11) is 0. The largest absolute Gasteiger partial charge is 0.360 e. The number of thioether (sulfide) groups is 1. The summed E-state index contributed by atoms with van der Waals surface area (Å²) in [4.78, 5) is 14.2. The minimum Gasteiger partial charge on any atom is -0.360 e. The predicted octanol–water partition coefficient (Wildman–Crippen LogP) is 3.64. The summed E-state index contributed by atoms with van der Waals surface area (Å²) < 4.78 is 0.757. The van der Waals surface area contributed by atoms with Crippen molar-refractivity contribution in [1.29, 1.82) is 5.26 Å². The second-order valence-corrected chi connectivity index (χ2v) is 7.93. The molecule has 0 saturated heterocycles. The van der Waals surface area contributed by atoms with Crippen molar-refractivity contribution in [2.75, 3.05) is 29.1 Å². The lowest BCUT2D eigenvalue weighted by Crippen LogP contribution is -2.33. The van der Waals surface area contributed by atoms with E-state index in [9.17, 15) is 4.79 Å². The number of aromatic nitrogens is 2. The molecule has 1 aromatic heterocycles. The monoisotopic (exact) mass is 375 g/mol. The van der Waals surface area contributed by atoms with Crippen LogP contribution in [0.4, 0.5) is 10.8 Å². The second-order valence-electron chi connectivity index (χ2n) is 5.73. The first-order chi connectivity index (χ1) is 12.1. The average molecular weight is 376 g/mol. The second kappa shape index (κ2) is 10.0. The molecule has 0 saturated carbocycles. The standard InChI is InChI=1S/C17H21N5OS2/c1-13(2)11-19-16-20-21-17(25-16)24-12-15(23)22(10-6-9-18)14-7-4-3-5-8-14/h3-5,7-8,13H,6,10-12H2,1-2H3,(H,19,20). The highest BCUT2D eigenvalue weighted by atomic mass is 32.2. The first-order valence-electron chi connectivity index (χ1n) is 8.02. The number of nitrogens with zero attached hydrogens (tertiary/aromatic N) is 4. The van der Waals surface area contributed by atoms with Gasteiger partial charge in [-0.25, -0.2) is 0 Å². The van der Waals surface area contributed by atoms with Crippen LogP contribution in [0.1, 0.15) is 20.3 Å². The predicted molar refractivity (Wildman–Crippen MR) is 103 cm³/mol. The van der Waals surface area contributed by atoms with Gasteiger partial charge in [-0.3, -0.25) is 4.79 Å². The molecule has 1 amide bonds. The van der Waals surface area contributed by atoms with Gasteiger partial charge in [-0.05, 0) is 18.1 Å². The molecule has 0 atom stereocenters. The van der Waals surface area contributed by atoms with Gasteiger partial charge in [0.05, 0.1) is 18.2 Å². The van der Waals surface area contributed by atoms with Gasteiger partial charge in [-0.15, -0.1) is 10.2 Å². The van der Waals surface area contributed by atoms with Gasteiger partial charge in [0.25, 0.3) is 0 Å². The maximum atomic E-state index is 12.6. The van der Waals surface area contributed by atoms with E-state index in [1.54, 1.807) is 4.90 Å². The minimum absolute atomic E-state index is 0.0432. The number of carbonyl (C=O) groups excluding carboxylic acids is 1. The lowest BCUT2D eigenvalue weighted by molar-refractivity contribution is -0.116. The van der Waals surface area contributed by atoms with Crippen molar-refractivity contribution in [3.8, 4) is 6.07 Å². The van der Waals surface area contributed by atoms with E-state index in [1.165, 1.54) is 23.1 Å². The number of amides is 1. The molecule has 0 aliphatic carbocycles. The zero-order chi connectivity index (χ0) is 18.1. The fourth-order valence-electron chi connectivity index (χ4n) is 2.00. The molecule has 2 rings (SSSR count).